The fraction of sp³-hybridized carbons (Fsp3) is 0.300. The van der Waals surface area contributed by atoms with E-state index in [-0.39, 0.29) is 5.82 Å². The van der Waals surface area contributed by atoms with Crippen LogP contribution in [-0.4, -0.2) is 17.3 Å². The minimum absolute atomic E-state index is 0.307. The maximum Gasteiger partial charge on any atom is 0.335 e. The molecule has 1 N–H and O–H groups in total. The number of benzene rings is 2. The van der Waals surface area contributed by atoms with Gasteiger partial charge in [-0.2, -0.15) is 0 Å². The lowest BCUT2D eigenvalue weighted by molar-refractivity contribution is 0.0694. The molecule has 1 aliphatic rings. The Kier molecular flexibility index (Phi) is 5.04. The van der Waals surface area contributed by atoms with Crippen LogP contribution >= 0.6 is 0 Å². The van der Waals surface area contributed by atoms with Crippen molar-refractivity contribution in [1.82, 2.24) is 0 Å². The molecule has 0 unspecified atom stereocenters. The summed E-state index contributed by atoms with van der Waals surface area (Å²) in [6.45, 7) is 0. The summed E-state index contributed by atoms with van der Waals surface area (Å²) >= 11 is 0. The quantitative estimate of drug-likeness (QED) is 0.773. The van der Waals surface area contributed by atoms with Crippen LogP contribution in [-0.2, 0) is 0 Å². The lowest BCUT2D eigenvalue weighted by Crippen LogP contribution is -2.11. The Balaban J connectivity index is 1.85. The van der Waals surface area contributed by atoms with Gasteiger partial charge in [0.25, 0.3) is 0 Å². The molecule has 2 aromatic rings. The summed E-state index contributed by atoms with van der Waals surface area (Å²) in [5.41, 5.74) is 2.66. The molecule has 4 heteroatoms. The molecule has 1 saturated carbocycles. The van der Waals surface area contributed by atoms with Gasteiger partial charge in [-0.25, -0.2) is 9.18 Å². The normalized spacial score (nSPS) is 15.7. The third kappa shape index (κ3) is 3.88. The van der Waals surface area contributed by atoms with E-state index in [0.29, 0.717) is 17.2 Å². The molecule has 24 heavy (non-hydrogen) atoms. The average Bonchev–Trinajstić information content (AvgIpc) is 2.62. The van der Waals surface area contributed by atoms with Crippen molar-refractivity contribution in [2.75, 3.05) is 0 Å². The number of carboxylic acids is 1. The number of aromatic carboxylic acids is 1. The van der Waals surface area contributed by atoms with Crippen LogP contribution in [0.25, 0.3) is 0 Å². The number of hydrogen-bond acceptors (Lipinski definition) is 2. The second-order valence-corrected chi connectivity index (χ2v) is 6.22. The first kappa shape index (κ1) is 16.4. The van der Waals surface area contributed by atoms with Gasteiger partial charge in [0.05, 0.1) is 11.3 Å². The van der Waals surface area contributed by atoms with E-state index in [1.165, 1.54) is 18.6 Å². The first-order valence-corrected chi connectivity index (χ1v) is 8.30. The van der Waals surface area contributed by atoms with Crippen LogP contribution < -0.4 is 0 Å². The van der Waals surface area contributed by atoms with Crippen molar-refractivity contribution >= 4 is 17.9 Å². The number of nitrogens with zero attached hydrogens (tertiary/aromatic N) is 1. The molecule has 0 aromatic heterocycles. The summed E-state index contributed by atoms with van der Waals surface area (Å²) in [5, 5.41) is 9.55. The fourth-order valence-electron chi connectivity index (χ4n) is 3.29. The van der Waals surface area contributed by atoms with Crippen molar-refractivity contribution in [2.24, 2.45) is 4.99 Å². The Morgan fingerprint density at radius 3 is 2.46 bits per heavy atom. The Labute approximate surface area is 140 Å². The van der Waals surface area contributed by atoms with Crippen molar-refractivity contribution in [3.05, 3.63) is 65.0 Å². The summed E-state index contributed by atoms with van der Waals surface area (Å²) in [6, 6.07) is 11.4. The summed E-state index contributed by atoms with van der Waals surface area (Å²) in [5.74, 6) is -0.862. The monoisotopic (exact) mass is 325 g/mol. The van der Waals surface area contributed by atoms with Gasteiger partial charge >= 0.3 is 5.97 Å². The lowest BCUT2D eigenvalue weighted by Gasteiger charge is -2.23. The van der Waals surface area contributed by atoms with Crippen LogP contribution in [0.3, 0.4) is 0 Å². The smallest absolute Gasteiger partial charge is 0.335 e. The van der Waals surface area contributed by atoms with Gasteiger partial charge in [0.2, 0.25) is 0 Å². The second kappa shape index (κ2) is 7.39. The molecular formula is C20H20FNO2. The van der Waals surface area contributed by atoms with Crippen molar-refractivity contribution < 1.29 is 14.3 Å². The molecule has 0 saturated heterocycles. The minimum Gasteiger partial charge on any atom is -0.478 e. The van der Waals surface area contributed by atoms with Gasteiger partial charge in [-0.3, -0.25) is 4.99 Å². The molecule has 3 nitrogen and oxygen atoms in total. The van der Waals surface area contributed by atoms with Crippen molar-refractivity contribution in [1.29, 1.82) is 0 Å². The van der Waals surface area contributed by atoms with Gasteiger partial charge in [0.15, 0.2) is 0 Å². The minimum atomic E-state index is -0.896. The number of rotatable bonds is 4. The van der Waals surface area contributed by atoms with Gasteiger partial charge in [-0.1, -0.05) is 31.4 Å². The Morgan fingerprint density at radius 2 is 1.79 bits per heavy atom. The maximum atomic E-state index is 12.9. The van der Waals surface area contributed by atoms with E-state index in [2.05, 4.69) is 4.99 Å². The highest BCUT2D eigenvalue weighted by molar-refractivity contribution is 5.93. The molecule has 0 atom stereocenters. The van der Waals surface area contributed by atoms with Crippen molar-refractivity contribution in [3.63, 3.8) is 0 Å². The summed E-state index contributed by atoms with van der Waals surface area (Å²) in [7, 11) is 0. The van der Waals surface area contributed by atoms with Crippen LogP contribution in [0.5, 0.6) is 0 Å². The number of carbonyl (C=O) groups is 1. The van der Waals surface area contributed by atoms with Gasteiger partial charge < -0.3 is 5.11 Å². The molecule has 0 radical (unpaired) electrons. The molecule has 1 aliphatic carbocycles. The lowest BCUT2D eigenvalue weighted by atomic mass is 9.81. The maximum absolute atomic E-state index is 12.9. The van der Waals surface area contributed by atoms with Crippen LogP contribution in [0.15, 0.2) is 47.5 Å². The topological polar surface area (TPSA) is 49.7 Å². The molecule has 2 aromatic carbocycles. The van der Waals surface area contributed by atoms with E-state index in [1.807, 2.05) is 12.1 Å². The van der Waals surface area contributed by atoms with Crippen LogP contribution in [0, 0.1) is 5.82 Å². The molecule has 0 aliphatic heterocycles. The molecule has 1 fully saturated rings. The summed E-state index contributed by atoms with van der Waals surface area (Å²) in [6.07, 6.45) is 7.30. The first-order chi connectivity index (χ1) is 11.6. The number of carboxylic acid groups (broad SMARTS) is 1. The highest BCUT2D eigenvalue weighted by Crippen LogP contribution is 2.34. The van der Waals surface area contributed by atoms with E-state index in [4.69, 9.17) is 0 Å². The SMILES string of the molecule is O=C(O)c1cc(C=Nc2ccc(F)cc2)ccc1C1CCCCC1. The van der Waals surface area contributed by atoms with E-state index in [0.717, 1.165) is 36.8 Å². The second-order valence-electron chi connectivity index (χ2n) is 6.22. The zero-order chi connectivity index (χ0) is 16.9. The van der Waals surface area contributed by atoms with Crippen LogP contribution in [0.4, 0.5) is 10.1 Å². The van der Waals surface area contributed by atoms with Gasteiger partial charge in [0.1, 0.15) is 5.82 Å². The average molecular weight is 325 g/mol. The highest BCUT2D eigenvalue weighted by atomic mass is 19.1. The Bertz CT molecular complexity index is 747. The highest BCUT2D eigenvalue weighted by Gasteiger charge is 2.21. The fourth-order valence-corrected chi connectivity index (χ4v) is 3.29. The standard InChI is InChI=1S/C20H20FNO2/c21-16-7-9-17(10-8-16)22-13-14-6-11-18(19(12-14)20(23)24)15-4-2-1-3-5-15/h6-13,15H,1-5H2,(H,23,24). The molecule has 124 valence electrons. The van der Waals surface area contributed by atoms with Crippen LogP contribution in [0.1, 0.15) is 59.5 Å². The molecule has 0 bridgehead atoms. The Morgan fingerprint density at radius 1 is 1.08 bits per heavy atom. The number of hydrogen-bond donors (Lipinski definition) is 1. The van der Waals surface area contributed by atoms with E-state index >= 15 is 0 Å². The third-order valence-electron chi connectivity index (χ3n) is 4.54. The van der Waals surface area contributed by atoms with Crippen molar-refractivity contribution in [3.8, 4) is 0 Å². The van der Waals surface area contributed by atoms with E-state index in [1.54, 1.807) is 24.4 Å². The number of aliphatic imine (C=N–C) groups is 1. The van der Waals surface area contributed by atoms with E-state index in [9.17, 15) is 14.3 Å². The molecule has 3 rings (SSSR count). The van der Waals surface area contributed by atoms with Gasteiger partial charge in [0, 0.05) is 6.21 Å². The molecular weight excluding hydrogens is 305 g/mol. The molecule has 0 heterocycles. The predicted octanol–water partition coefficient (Wildman–Crippen LogP) is 5.32. The molecule has 0 spiro atoms. The number of halogens is 1. The van der Waals surface area contributed by atoms with Gasteiger partial charge in [-0.05, 0) is 60.2 Å². The largest absolute Gasteiger partial charge is 0.478 e. The van der Waals surface area contributed by atoms with Crippen LogP contribution in [0.2, 0.25) is 0 Å². The Hall–Kier alpha value is -2.49. The first-order valence-electron chi connectivity index (χ1n) is 8.30. The zero-order valence-electron chi connectivity index (χ0n) is 13.4. The van der Waals surface area contributed by atoms with E-state index < -0.39 is 5.97 Å². The van der Waals surface area contributed by atoms with Crippen molar-refractivity contribution in [2.45, 2.75) is 38.0 Å². The molecule has 0 amide bonds. The predicted molar refractivity (Wildman–Crippen MR) is 92.9 cm³/mol. The zero-order valence-corrected chi connectivity index (χ0v) is 13.4. The van der Waals surface area contributed by atoms with Gasteiger partial charge in [-0.15, -0.1) is 0 Å². The summed E-state index contributed by atoms with van der Waals surface area (Å²) in [4.78, 5) is 15.9. The third-order valence-corrected chi connectivity index (χ3v) is 4.54. The summed E-state index contributed by atoms with van der Waals surface area (Å²) < 4.78 is 12.9.